The van der Waals surface area contributed by atoms with E-state index in [9.17, 15) is 9.59 Å². The molecule has 4 rings (SSSR count). The number of nitrogens with zero attached hydrogens (tertiary/aromatic N) is 4. The van der Waals surface area contributed by atoms with Crippen molar-refractivity contribution in [2.45, 2.75) is 69.6 Å². The van der Waals surface area contributed by atoms with Crippen molar-refractivity contribution in [1.29, 1.82) is 0 Å². The number of hydrogen-bond donors (Lipinski definition) is 1. The molecule has 1 atom stereocenters. The van der Waals surface area contributed by atoms with E-state index in [1.165, 1.54) is 31.0 Å². The molecule has 0 saturated heterocycles. The number of carbonyl (C=O) groups excluding carboxylic acids is 2. The average molecular weight is 414 g/mol. The van der Waals surface area contributed by atoms with Gasteiger partial charge in [-0.2, -0.15) is 0 Å². The van der Waals surface area contributed by atoms with Gasteiger partial charge >= 0.3 is 0 Å². The molecule has 0 spiro atoms. The number of aryl methyl sites for hydroxylation is 1. The van der Waals surface area contributed by atoms with Gasteiger partial charge in [0.25, 0.3) is 0 Å². The number of thioether (sulfide) groups is 1. The molecule has 0 bridgehead atoms. The Bertz CT molecular complexity index is 906. The topological polar surface area (TPSA) is 80.1 Å². The highest BCUT2D eigenvalue weighted by atomic mass is 32.2. The lowest BCUT2D eigenvalue weighted by molar-refractivity contribution is -0.117. The Hall–Kier alpha value is -2.35. The molecule has 2 aliphatic rings. The summed E-state index contributed by atoms with van der Waals surface area (Å²) in [7, 11) is 0. The summed E-state index contributed by atoms with van der Waals surface area (Å²) in [6, 6.07) is 7.69. The lowest BCUT2D eigenvalue weighted by Gasteiger charge is -2.28. The van der Waals surface area contributed by atoms with E-state index in [0.29, 0.717) is 11.7 Å². The van der Waals surface area contributed by atoms with Crippen molar-refractivity contribution in [1.82, 2.24) is 14.8 Å². The van der Waals surface area contributed by atoms with Crippen molar-refractivity contribution in [3.05, 3.63) is 30.1 Å². The van der Waals surface area contributed by atoms with E-state index in [-0.39, 0.29) is 30.0 Å². The summed E-state index contributed by atoms with van der Waals surface area (Å²) in [6.45, 7) is 3.90. The molecule has 1 fully saturated rings. The van der Waals surface area contributed by atoms with Gasteiger partial charge in [0.05, 0.1) is 17.1 Å². The molecule has 1 aliphatic heterocycles. The molecular formula is C21H27N5O2S. The Labute approximate surface area is 175 Å². The number of rotatable bonds is 4. The Balaban J connectivity index is 1.52. The smallest absolute Gasteiger partial charge is 0.237 e. The number of para-hydroxylation sites is 2. The van der Waals surface area contributed by atoms with E-state index in [0.717, 1.165) is 29.5 Å². The first-order chi connectivity index (χ1) is 14.0. The molecule has 8 heteroatoms. The SMILES string of the molecule is Cc1nnc(SCC(=O)N2c3ccccc3NC(=O)C[C@H]2C)n1C1CCCCC1. The number of nitrogens with one attached hydrogen (secondary N) is 1. The van der Waals surface area contributed by atoms with Crippen molar-refractivity contribution in [3.8, 4) is 0 Å². The van der Waals surface area contributed by atoms with Crippen LogP contribution in [0, 0.1) is 6.92 Å². The molecule has 1 saturated carbocycles. The lowest BCUT2D eigenvalue weighted by atomic mass is 9.95. The minimum absolute atomic E-state index is 0.0257. The summed E-state index contributed by atoms with van der Waals surface area (Å²) >= 11 is 1.44. The Kier molecular flexibility index (Phi) is 5.89. The van der Waals surface area contributed by atoms with Crippen LogP contribution in [0.25, 0.3) is 0 Å². The van der Waals surface area contributed by atoms with Crippen LogP contribution in [-0.2, 0) is 9.59 Å². The molecular weight excluding hydrogens is 386 g/mol. The number of hydrogen-bond acceptors (Lipinski definition) is 5. The summed E-state index contributed by atoms with van der Waals surface area (Å²) in [6.07, 6.45) is 6.32. The van der Waals surface area contributed by atoms with Gasteiger partial charge in [-0.3, -0.25) is 9.59 Å². The first-order valence-corrected chi connectivity index (χ1v) is 11.3. The van der Waals surface area contributed by atoms with E-state index in [1.807, 2.05) is 38.1 Å². The van der Waals surface area contributed by atoms with Gasteiger partial charge in [0.2, 0.25) is 11.8 Å². The van der Waals surface area contributed by atoms with Crippen LogP contribution >= 0.6 is 11.8 Å². The van der Waals surface area contributed by atoms with Gasteiger partial charge in [-0.05, 0) is 38.8 Å². The number of carbonyl (C=O) groups is 2. The standard InChI is InChI=1S/C21H27N5O2S/c1-14-12-19(27)22-17-10-6-7-11-18(17)25(14)20(28)13-29-21-24-23-15(2)26(21)16-8-4-3-5-9-16/h6-7,10-11,14,16H,3-5,8-9,12-13H2,1-2H3,(H,22,27)/t14-/m1/s1. The van der Waals surface area contributed by atoms with Gasteiger partial charge in [-0.1, -0.05) is 43.2 Å². The fraction of sp³-hybridized carbons (Fsp3) is 0.524. The zero-order valence-corrected chi connectivity index (χ0v) is 17.7. The lowest BCUT2D eigenvalue weighted by Crippen LogP contribution is -2.40. The first-order valence-electron chi connectivity index (χ1n) is 10.3. The minimum Gasteiger partial charge on any atom is -0.324 e. The predicted octanol–water partition coefficient (Wildman–Crippen LogP) is 3.95. The molecule has 2 amide bonds. The largest absolute Gasteiger partial charge is 0.324 e. The van der Waals surface area contributed by atoms with Crippen LogP contribution in [0.4, 0.5) is 11.4 Å². The molecule has 1 aliphatic carbocycles. The van der Waals surface area contributed by atoms with Crippen LogP contribution in [-0.4, -0.2) is 38.4 Å². The van der Waals surface area contributed by atoms with Crippen LogP contribution in [0.2, 0.25) is 0 Å². The molecule has 29 heavy (non-hydrogen) atoms. The van der Waals surface area contributed by atoms with Crippen molar-refractivity contribution < 1.29 is 9.59 Å². The molecule has 7 nitrogen and oxygen atoms in total. The summed E-state index contributed by atoms with van der Waals surface area (Å²) in [5.74, 6) is 1.08. The second-order valence-corrected chi connectivity index (χ2v) is 8.81. The molecule has 154 valence electrons. The van der Waals surface area contributed by atoms with E-state index in [1.54, 1.807) is 4.90 Å². The van der Waals surface area contributed by atoms with Crippen molar-refractivity contribution >= 4 is 35.0 Å². The van der Waals surface area contributed by atoms with Crippen LogP contribution in [0.5, 0.6) is 0 Å². The van der Waals surface area contributed by atoms with Crippen molar-refractivity contribution in [2.24, 2.45) is 0 Å². The van der Waals surface area contributed by atoms with Gasteiger partial charge in [0.1, 0.15) is 5.82 Å². The third kappa shape index (κ3) is 4.17. The monoisotopic (exact) mass is 413 g/mol. The van der Waals surface area contributed by atoms with Crippen molar-refractivity contribution in [3.63, 3.8) is 0 Å². The zero-order chi connectivity index (χ0) is 20.4. The van der Waals surface area contributed by atoms with Crippen LogP contribution in [0.3, 0.4) is 0 Å². The highest BCUT2D eigenvalue weighted by Gasteiger charge is 2.30. The van der Waals surface area contributed by atoms with E-state index in [4.69, 9.17) is 0 Å². The highest BCUT2D eigenvalue weighted by molar-refractivity contribution is 7.99. The number of fused-ring (bicyclic) bond motifs is 1. The maximum atomic E-state index is 13.2. The number of aromatic nitrogens is 3. The third-order valence-corrected chi connectivity index (χ3v) is 6.66. The Morgan fingerprint density at radius 2 is 1.97 bits per heavy atom. The maximum Gasteiger partial charge on any atom is 0.237 e. The summed E-state index contributed by atoms with van der Waals surface area (Å²) in [5, 5.41) is 12.3. The minimum atomic E-state index is -0.204. The number of anilines is 2. The van der Waals surface area contributed by atoms with Gasteiger partial charge < -0.3 is 14.8 Å². The third-order valence-electron chi connectivity index (χ3n) is 5.73. The fourth-order valence-electron chi connectivity index (χ4n) is 4.37. The quantitative estimate of drug-likeness (QED) is 0.768. The average Bonchev–Trinajstić information content (AvgIpc) is 3.02. The second-order valence-electron chi connectivity index (χ2n) is 7.86. The van der Waals surface area contributed by atoms with E-state index < -0.39 is 0 Å². The molecule has 1 N–H and O–H groups in total. The molecule has 0 radical (unpaired) electrons. The maximum absolute atomic E-state index is 13.2. The van der Waals surface area contributed by atoms with Crippen molar-refractivity contribution in [2.75, 3.05) is 16.0 Å². The number of benzene rings is 1. The van der Waals surface area contributed by atoms with Crippen LogP contribution in [0.1, 0.15) is 57.3 Å². The Morgan fingerprint density at radius 1 is 1.21 bits per heavy atom. The number of amides is 2. The summed E-state index contributed by atoms with van der Waals surface area (Å²) in [4.78, 5) is 27.1. The molecule has 2 heterocycles. The van der Waals surface area contributed by atoms with Gasteiger partial charge in [-0.15, -0.1) is 10.2 Å². The second kappa shape index (κ2) is 8.57. The zero-order valence-electron chi connectivity index (χ0n) is 16.9. The van der Waals surface area contributed by atoms with Gasteiger partial charge in [0, 0.05) is 18.5 Å². The van der Waals surface area contributed by atoms with Gasteiger partial charge in [0.15, 0.2) is 5.16 Å². The van der Waals surface area contributed by atoms with Crippen LogP contribution in [0.15, 0.2) is 29.4 Å². The first kappa shape index (κ1) is 19.9. The molecule has 2 aromatic rings. The normalized spacial score (nSPS) is 20.1. The molecule has 1 aromatic carbocycles. The molecule has 1 aromatic heterocycles. The molecule has 0 unspecified atom stereocenters. The van der Waals surface area contributed by atoms with Gasteiger partial charge in [-0.25, -0.2) is 0 Å². The van der Waals surface area contributed by atoms with E-state index >= 15 is 0 Å². The van der Waals surface area contributed by atoms with E-state index in [2.05, 4.69) is 20.1 Å². The summed E-state index contributed by atoms with van der Waals surface area (Å²) < 4.78 is 2.21. The predicted molar refractivity (Wildman–Crippen MR) is 114 cm³/mol. The fourth-order valence-corrected chi connectivity index (χ4v) is 5.28. The van der Waals surface area contributed by atoms with Crippen LogP contribution < -0.4 is 10.2 Å². The highest BCUT2D eigenvalue weighted by Crippen LogP contribution is 2.34. The Morgan fingerprint density at radius 3 is 2.76 bits per heavy atom. The summed E-state index contributed by atoms with van der Waals surface area (Å²) in [5.41, 5.74) is 1.43.